The Morgan fingerprint density at radius 3 is 2.50 bits per heavy atom. The van der Waals surface area contributed by atoms with Gasteiger partial charge >= 0.3 is 0 Å². The first-order chi connectivity index (χ1) is 9.72. The summed E-state index contributed by atoms with van der Waals surface area (Å²) in [5, 5.41) is 2.78. The Hall–Kier alpha value is -2.47. The second kappa shape index (κ2) is 6.63. The zero-order chi connectivity index (χ0) is 14.4. The predicted octanol–water partition coefficient (Wildman–Crippen LogP) is 0.874. The van der Waals surface area contributed by atoms with Crippen LogP contribution in [0.1, 0.15) is 21.6 Å². The topological polar surface area (TPSA) is 90.1 Å². The quantitative estimate of drug-likeness (QED) is 0.843. The molecule has 104 valence electrons. The van der Waals surface area contributed by atoms with E-state index in [4.69, 9.17) is 10.5 Å². The van der Waals surface area contributed by atoms with Gasteiger partial charge in [0.25, 0.3) is 5.91 Å². The molecule has 1 amide bonds. The molecule has 0 fully saturated rings. The van der Waals surface area contributed by atoms with Gasteiger partial charge in [-0.25, -0.2) is 4.98 Å². The molecule has 0 aliphatic heterocycles. The van der Waals surface area contributed by atoms with Crippen LogP contribution in [0.15, 0.2) is 36.7 Å². The normalized spacial score (nSPS) is 10.1. The van der Waals surface area contributed by atoms with E-state index in [1.165, 1.54) is 0 Å². The second-order valence-corrected chi connectivity index (χ2v) is 4.15. The van der Waals surface area contributed by atoms with E-state index in [0.29, 0.717) is 24.7 Å². The SMILES string of the molecule is COc1ccc(CNC(=O)c2ccc(CN)cn2)cn1. The van der Waals surface area contributed by atoms with Crippen molar-refractivity contribution >= 4 is 5.91 Å². The van der Waals surface area contributed by atoms with Crippen LogP contribution in [0.25, 0.3) is 0 Å². The summed E-state index contributed by atoms with van der Waals surface area (Å²) in [6.07, 6.45) is 3.26. The highest BCUT2D eigenvalue weighted by molar-refractivity contribution is 5.92. The van der Waals surface area contributed by atoms with Gasteiger partial charge in [-0.1, -0.05) is 12.1 Å². The molecule has 0 aromatic carbocycles. The molecular weight excluding hydrogens is 256 g/mol. The minimum atomic E-state index is -0.232. The number of hydrogen-bond donors (Lipinski definition) is 2. The fourth-order valence-corrected chi connectivity index (χ4v) is 1.59. The van der Waals surface area contributed by atoms with Gasteiger partial charge in [0.15, 0.2) is 0 Å². The summed E-state index contributed by atoms with van der Waals surface area (Å²) in [4.78, 5) is 20.0. The van der Waals surface area contributed by atoms with Gasteiger partial charge in [-0.15, -0.1) is 0 Å². The summed E-state index contributed by atoms with van der Waals surface area (Å²) in [5.41, 5.74) is 7.62. The molecule has 0 spiro atoms. The number of methoxy groups -OCH3 is 1. The minimum absolute atomic E-state index is 0.232. The van der Waals surface area contributed by atoms with Crippen molar-refractivity contribution in [1.82, 2.24) is 15.3 Å². The fraction of sp³-hybridized carbons (Fsp3) is 0.214. The van der Waals surface area contributed by atoms with Crippen molar-refractivity contribution in [2.45, 2.75) is 13.1 Å². The Morgan fingerprint density at radius 2 is 1.95 bits per heavy atom. The van der Waals surface area contributed by atoms with E-state index in [-0.39, 0.29) is 5.91 Å². The second-order valence-electron chi connectivity index (χ2n) is 4.15. The number of amides is 1. The number of rotatable bonds is 5. The number of nitrogens with one attached hydrogen (secondary N) is 1. The van der Waals surface area contributed by atoms with Crippen LogP contribution in [0.3, 0.4) is 0 Å². The van der Waals surface area contributed by atoms with Gasteiger partial charge < -0.3 is 15.8 Å². The molecule has 2 aromatic rings. The van der Waals surface area contributed by atoms with Crippen LogP contribution in [0.2, 0.25) is 0 Å². The van der Waals surface area contributed by atoms with Gasteiger partial charge in [0.2, 0.25) is 5.88 Å². The zero-order valence-corrected chi connectivity index (χ0v) is 11.2. The third kappa shape index (κ3) is 3.52. The standard InChI is InChI=1S/C14H16N4O2/c1-20-13-5-3-11(8-17-13)9-18-14(19)12-4-2-10(6-15)7-16-12/h2-5,7-8H,6,9,15H2,1H3,(H,18,19). The molecule has 0 radical (unpaired) electrons. The Kier molecular flexibility index (Phi) is 4.62. The van der Waals surface area contributed by atoms with Crippen molar-refractivity contribution in [3.63, 3.8) is 0 Å². The monoisotopic (exact) mass is 272 g/mol. The number of hydrogen-bond acceptors (Lipinski definition) is 5. The number of pyridine rings is 2. The molecule has 20 heavy (non-hydrogen) atoms. The number of nitrogens with zero attached hydrogens (tertiary/aromatic N) is 2. The molecular formula is C14H16N4O2. The molecule has 0 aliphatic rings. The Balaban J connectivity index is 1.93. The lowest BCUT2D eigenvalue weighted by molar-refractivity contribution is 0.0946. The van der Waals surface area contributed by atoms with Gasteiger partial charge in [-0.05, 0) is 17.2 Å². The molecule has 0 saturated carbocycles. The van der Waals surface area contributed by atoms with Crippen molar-refractivity contribution in [2.75, 3.05) is 7.11 Å². The summed E-state index contributed by atoms with van der Waals surface area (Å²) in [5.74, 6) is 0.309. The molecule has 6 nitrogen and oxygen atoms in total. The highest BCUT2D eigenvalue weighted by Gasteiger charge is 2.06. The lowest BCUT2D eigenvalue weighted by atomic mass is 10.2. The van der Waals surface area contributed by atoms with Crippen LogP contribution < -0.4 is 15.8 Å². The van der Waals surface area contributed by atoms with E-state index < -0.39 is 0 Å². The van der Waals surface area contributed by atoms with Crippen LogP contribution in [0, 0.1) is 0 Å². The van der Waals surface area contributed by atoms with Crippen LogP contribution in [-0.4, -0.2) is 23.0 Å². The highest BCUT2D eigenvalue weighted by Crippen LogP contribution is 2.06. The number of aromatic nitrogens is 2. The minimum Gasteiger partial charge on any atom is -0.481 e. The maximum absolute atomic E-state index is 11.9. The molecule has 2 rings (SSSR count). The van der Waals surface area contributed by atoms with E-state index in [1.807, 2.05) is 6.07 Å². The van der Waals surface area contributed by atoms with Crippen molar-refractivity contribution in [1.29, 1.82) is 0 Å². The molecule has 0 bridgehead atoms. The van der Waals surface area contributed by atoms with E-state index in [1.54, 1.807) is 37.7 Å². The molecule has 3 N–H and O–H groups in total. The zero-order valence-electron chi connectivity index (χ0n) is 11.2. The van der Waals surface area contributed by atoms with Gasteiger partial charge in [-0.3, -0.25) is 9.78 Å². The lowest BCUT2D eigenvalue weighted by Gasteiger charge is -2.06. The molecule has 2 heterocycles. The average Bonchev–Trinajstić information content (AvgIpc) is 2.53. The maximum atomic E-state index is 11.9. The summed E-state index contributed by atoms with van der Waals surface area (Å²) < 4.78 is 4.97. The molecule has 0 saturated heterocycles. The first kappa shape index (κ1) is 14.0. The van der Waals surface area contributed by atoms with Gasteiger partial charge in [0, 0.05) is 31.5 Å². The van der Waals surface area contributed by atoms with E-state index in [0.717, 1.165) is 11.1 Å². The fourth-order valence-electron chi connectivity index (χ4n) is 1.59. The maximum Gasteiger partial charge on any atom is 0.270 e. The first-order valence-electron chi connectivity index (χ1n) is 6.15. The third-order valence-corrected chi connectivity index (χ3v) is 2.75. The summed E-state index contributed by atoms with van der Waals surface area (Å²) in [6.45, 7) is 0.794. The van der Waals surface area contributed by atoms with Crippen LogP contribution in [-0.2, 0) is 13.1 Å². The Labute approximate surface area is 117 Å². The van der Waals surface area contributed by atoms with Crippen molar-refractivity contribution in [2.24, 2.45) is 5.73 Å². The largest absolute Gasteiger partial charge is 0.481 e. The van der Waals surface area contributed by atoms with Gasteiger partial charge in [0.1, 0.15) is 5.69 Å². The number of ether oxygens (including phenoxy) is 1. The molecule has 2 aromatic heterocycles. The Bertz CT molecular complexity index is 567. The van der Waals surface area contributed by atoms with Crippen LogP contribution in [0.4, 0.5) is 0 Å². The number of carbonyl (C=O) groups excluding carboxylic acids is 1. The van der Waals surface area contributed by atoms with E-state index in [9.17, 15) is 4.79 Å². The third-order valence-electron chi connectivity index (χ3n) is 2.75. The smallest absolute Gasteiger partial charge is 0.270 e. The van der Waals surface area contributed by atoms with E-state index >= 15 is 0 Å². The lowest BCUT2D eigenvalue weighted by Crippen LogP contribution is -2.23. The number of nitrogens with two attached hydrogens (primary N) is 1. The van der Waals surface area contributed by atoms with Crippen LogP contribution >= 0.6 is 0 Å². The van der Waals surface area contributed by atoms with Crippen molar-refractivity contribution in [3.05, 3.63) is 53.5 Å². The summed E-state index contributed by atoms with van der Waals surface area (Å²) >= 11 is 0. The Morgan fingerprint density at radius 1 is 1.20 bits per heavy atom. The van der Waals surface area contributed by atoms with Crippen molar-refractivity contribution < 1.29 is 9.53 Å². The molecule has 6 heteroatoms. The van der Waals surface area contributed by atoms with Crippen molar-refractivity contribution in [3.8, 4) is 5.88 Å². The van der Waals surface area contributed by atoms with Gasteiger partial charge in [0.05, 0.1) is 7.11 Å². The summed E-state index contributed by atoms with van der Waals surface area (Å²) in [6, 6.07) is 7.04. The molecule has 0 atom stereocenters. The molecule has 0 unspecified atom stereocenters. The van der Waals surface area contributed by atoms with E-state index in [2.05, 4.69) is 15.3 Å². The van der Waals surface area contributed by atoms with Crippen LogP contribution in [0.5, 0.6) is 5.88 Å². The van der Waals surface area contributed by atoms with Gasteiger partial charge in [-0.2, -0.15) is 0 Å². The first-order valence-corrected chi connectivity index (χ1v) is 6.15. The molecule has 0 aliphatic carbocycles. The average molecular weight is 272 g/mol. The number of carbonyl (C=O) groups is 1. The highest BCUT2D eigenvalue weighted by atomic mass is 16.5. The summed E-state index contributed by atoms with van der Waals surface area (Å²) in [7, 11) is 1.56. The predicted molar refractivity (Wildman–Crippen MR) is 74.1 cm³/mol.